The van der Waals surface area contributed by atoms with Crippen molar-refractivity contribution in [2.75, 3.05) is 26.2 Å². The van der Waals surface area contributed by atoms with Crippen molar-refractivity contribution in [2.45, 2.75) is 12.3 Å². The van der Waals surface area contributed by atoms with Crippen molar-refractivity contribution < 1.29 is 22.7 Å². The molecule has 1 saturated heterocycles. The lowest BCUT2D eigenvalue weighted by atomic mass is 10.1. The highest BCUT2D eigenvalue weighted by Gasteiger charge is 2.30. The number of amides is 1. The minimum absolute atomic E-state index is 0.109. The van der Waals surface area contributed by atoms with Gasteiger partial charge in [-0.15, -0.1) is 0 Å². The Bertz CT molecular complexity index is 454. The van der Waals surface area contributed by atoms with E-state index in [-0.39, 0.29) is 11.7 Å². The number of morpholine rings is 1. The molecule has 1 atom stereocenters. The summed E-state index contributed by atoms with van der Waals surface area (Å²) < 4.78 is 42.6. The zero-order chi connectivity index (χ0) is 14.6. The number of benzene rings is 1. The van der Waals surface area contributed by atoms with E-state index in [1.165, 1.54) is 0 Å². The summed E-state index contributed by atoms with van der Waals surface area (Å²) in [5.74, 6) is -0.409. The van der Waals surface area contributed by atoms with Crippen molar-refractivity contribution in [3.05, 3.63) is 35.4 Å². The Kier molecular flexibility index (Phi) is 4.61. The van der Waals surface area contributed by atoms with Gasteiger partial charge in [-0.05, 0) is 24.3 Å². The standard InChI is InChI=1S/C13H15F3N2O2/c14-13(15,16)10-3-1-9(2-4-10)12(19)18-8-11-7-17-5-6-20-11/h1-4,11,17H,5-8H2,(H,18,19). The van der Waals surface area contributed by atoms with Crippen LogP contribution >= 0.6 is 0 Å². The first kappa shape index (κ1) is 14.8. The fourth-order valence-electron chi connectivity index (χ4n) is 1.87. The summed E-state index contributed by atoms with van der Waals surface area (Å²) in [5, 5.41) is 5.76. The van der Waals surface area contributed by atoms with E-state index in [0.29, 0.717) is 19.7 Å². The number of alkyl halides is 3. The largest absolute Gasteiger partial charge is 0.416 e. The van der Waals surface area contributed by atoms with E-state index in [1.807, 2.05) is 0 Å². The second-order valence-corrected chi connectivity index (χ2v) is 4.48. The minimum atomic E-state index is -4.39. The topological polar surface area (TPSA) is 50.4 Å². The third kappa shape index (κ3) is 3.94. The minimum Gasteiger partial charge on any atom is -0.374 e. The molecular weight excluding hydrogens is 273 g/mol. The second kappa shape index (κ2) is 6.23. The van der Waals surface area contributed by atoms with Crippen LogP contribution in [-0.4, -0.2) is 38.3 Å². The molecule has 0 spiro atoms. The van der Waals surface area contributed by atoms with Crippen molar-refractivity contribution in [3.63, 3.8) is 0 Å². The number of nitrogens with one attached hydrogen (secondary N) is 2. The molecule has 110 valence electrons. The number of hydrogen-bond donors (Lipinski definition) is 2. The molecule has 20 heavy (non-hydrogen) atoms. The highest BCUT2D eigenvalue weighted by molar-refractivity contribution is 5.94. The number of halogens is 3. The van der Waals surface area contributed by atoms with Gasteiger partial charge >= 0.3 is 6.18 Å². The average molecular weight is 288 g/mol. The van der Waals surface area contributed by atoms with Gasteiger partial charge < -0.3 is 15.4 Å². The monoisotopic (exact) mass is 288 g/mol. The summed E-state index contributed by atoms with van der Waals surface area (Å²) >= 11 is 0. The molecule has 1 unspecified atom stereocenters. The summed E-state index contributed by atoms with van der Waals surface area (Å²) in [7, 11) is 0. The molecule has 1 aromatic carbocycles. The third-order valence-corrected chi connectivity index (χ3v) is 2.97. The van der Waals surface area contributed by atoms with Gasteiger partial charge in [-0.3, -0.25) is 4.79 Å². The molecule has 1 aliphatic heterocycles. The van der Waals surface area contributed by atoms with Gasteiger partial charge in [-0.2, -0.15) is 13.2 Å². The number of rotatable bonds is 3. The Balaban J connectivity index is 1.89. The maximum atomic E-state index is 12.4. The molecule has 1 heterocycles. The van der Waals surface area contributed by atoms with Crippen molar-refractivity contribution in [1.29, 1.82) is 0 Å². The predicted molar refractivity (Wildman–Crippen MR) is 66.4 cm³/mol. The fourth-order valence-corrected chi connectivity index (χ4v) is 1.87. The summed E-state index contributed by atoms with van der Waals surface area (Å²) in [4.78, 5) is 11.8. The van der Waals surface area contributed by atoms with Crippen LogP contribution in [0.5, 0.6) is 0 Å². The van der Waals surface area contributed by atoms with Crippen LogP contribution in [-0.2, 0) is 10.9 Å². The maximum absolute atomic E-state index is 12.4. The molecule has 1 aromatic rings. The smallest absolute Gasteiger partial charge is 0.374 e. The summed E-state index contributed by atoms with van der Waals surface area (Å²) in [5.41, 5.74) is -0.573. The van der Waals surface area contributed by atoms with E-state index in [1.54, 1.807) is 0 Å². The van der Waals surface area contributed by atoms with Crippen molar-refractivity contribution >= 4 is 5.91 Å². The summed E-state index contributed by atoms with van der Waals surface area (Å²) in [6.45, 7) is 2.34. The SMILES string of the molecule is O=C(NCC1CNCCO1)c1ccc(C(F)(F)F)cc1. The van der Waals surface area contributed by atoms with Gasteiger partial charge in [-0.25, -0.2) is 0 Å². The summed E-state index contributed by atoms with van der Waals surface area (Å²) in [6.07, 6.45) is -4.50. The van der Waals surface area contributed by atoms with Crippen LogP contribution in [0.3, 0.4) is 0 Å². The van der Waals surface area contributed by atoms with Gasteiger partial charge in [0.1, 0.15) is 0 Å². The first-order chi connectivity index (χ1) is 9.47. The molecule has 0 aliphatic carbocycles. The van der Waals surface area contributed by atoms with Crippen LogP contribution in [0, 0.1) is 0 Å². The van der Waals surface area contributed by atoms with Crippen LogP contribution in [0.25, 0.3) is 0 Å². The van der Waals surface area contributed by atoms with Gasteiger partial charge in [-0.1, -0.05) is 0 Å². The lowest BCUT2D eigenvalue weighted by Crippen LogP contribution is -2.45. The molecule has 1 aliphatic rings. The molecule has 0 saturated carbocycles. The Morgan fingerprint density at radius 3 is 2.60 bits per heavy atom. The Hall–Kier alpha value is -1.60. The van der Waals surface area contributed by atoms with Gasteiger partial charge in [0.15, 0.2) is 0 Å². The van der Waals surface area contributed by atoms with E-state index in [4.69, 9.17) is 4.74 Å². The highest BCUT2D eigenvalue weighted by atomic mass is 19.4. The quantitative estimate of drug-likeness (QED) is 0.884. The first-order valence-corrected chi connectivity index (χ1v) is 6.24. The predicted octanol–water partition coefficient (Wildman–Crippen LogP) is 1.42. The Morgan fingerprint density at radius 1 is 1.35 bits per heavy atom. The molecule has 0 bridgehead atoms. The van der Waals surface area contributed by atoms with Crippen LogP contribution < -0.4 is 10.6 Å². The summed E-state index contributed by atoms with van der Waals surface area (Å²) in [6, 6.07) is 4.12. The normalized spacial score (nSPS) is 19.6. The molecule has 4 nitrogen and oxygen atoms in total. The number of carbonyl (C=O) groups excluding carboxylic acids is 1. The molecular formula is C13H15F3N2O2. The zero-order valence-corrected chi connectivity index (χ0v) is 10.7. The molecule has 1 amide bonds. The lowest BCUT2D eigenvalue weighted by Gasteiger charge is -2.23. The van der Waals surface area contributed by atoms with Crippen molar-refractivity contribution in [3.8, 4) is 0 Å². The van der Waals surface area contributed by atoms with E-state index in [9.17, 15) is 18.0 Å². The first-order valence-electron chi connectivity index (χ1n) is 6.24. The molecule has 0 radical (unpaired) electrons. The number of ether oxygens (including phenoxy) is 1. The van der Waals surface area contributed by atoms with Crippen LogP contribution in [0.4, 0.5) is 13.2 Å². The zero-order valence-electron chi connectivity index (χ0n) is 10.7. The fraction of sp³-hybridized carbons (Fsp3) is 0.462. The highest BCUT2D eigenvalue weighted by Crippen LogP contribution is 2.29. The Morgan fingerprint density at radius 2 is 2.05 bits per heavy atom. The van der Waals surface area contributed by atoms with Crippen LogP contribution in [0.1, 0.15) is 15.9 Å². The van der Waals surface area contributed by atoms with Gasteiger partial charge in [0.2, 0.25) is 0 Å². The molecule has 0 aromatic heterocycles. The molecule has 2 rings (SSSR count). The lowest BCUT2D eigenvalue weighted by molar-refractivity contribution is -0.137. The number of carbonyl (C=O) groups is 1. The van der Waals surface area contributed by atoms with E-state index in [2.05, 4.69) is 10.6 Å². The van der Waals surface area contributed by atoms with Crippen LogP contribution in [0.2, 0.25) is 0 Å². The van der Waals surface area contributed by atoms with Crippen molar-refractivity contribution in [2.24, 2.45) is 0 Å². The molecule has 7 heteroatoms. The van der Waals surface area contributed by atoms with Crippen molar-refractivity contribution in [1.82, 2.24) is 10.6 Å². The van der Waals surface area contributed by atoms with E-state index in [0.717, 1.165) is 30.8 Å². The Labute approximate surface area is 114 Å². The van der Waals surface area contributed by atoms with Crippen LogP contribution in [0.15, 0.2) is 24.3 Å². The van der Waals surface area contributed by atoms with Gasteiger partial charge in [0.25, 0.3) is 5.91 Å². The maximum Gasteiger partial charge on any atom is 0.416 e. The molecule has 2 N–H and O–H groups in total. The van der Waals surface area contributed by atoms with Gasteiger partial charge in [0, 0.05) is 25.2 Å². The third-order valence-electron chi connectivity index (χ3n) is 2.97. The second-order valence-electron chi connectivity index (χ2n) is 4.48. The molecule has 1 fully saturated rings. The number of hydrogen-bond acceptors (Lipinski definition) is 3. The van der Waals surface area contributed by atoms with E-state index >= 15 is 0 Å². The average Bonchev–Trinajstić information content (AvgIpc) is 2.45. The van der Waals surface area contributed by atoms with Gasteiger partial charge in [0.05, 0.1) is 18.3 Å². The van der Waals surface area contributed by atoms with E-state index < -0.39 is 17.6 Å².